The number of rotatable bonds is 6. The maximum Gasteiger partial charge on any atom is 0.244 e. The van der Waals surface area contributed by atoms with Gasteiger partial charge in [-0.3, -0.25) is 19.3 Å². The Morgan fingerprint density at radius 1 is 1.03 bits per heavy atom. The van der Waals surface area contributed by atoms with Gasteiger partial charge in [0.25, 0.3) is 0 Å². The smallest absolute Gasteiger partial charge is 0.244 e. The van der Waals surface area contributed by atoms with Gasteiger partial charge < -0.3 is 19.5 Å². The highest BCUT2D eigenvalue weighted by Gasteiger charge is 2.20. The Balaban J connectivity index is 1.79. The van der Waals surface area contributed by atoms with E-state index in [4.69, 9.17) is 4.74 Å². The van der Waals surface area contributed by atoms with Gasteiger partial charge in [-0.2, -0.15) is 0 Å². The summed E-state index contributed by atoms with van der Waals surface area (Å²) >= 11 is 0. The van der Waals surface area contributed by atoms with Crippen molar-refractivity contribution in [2.75, 3.05) is 38.6 Å². The van der Waals surface area contributed by atoms with Crippen molar-refractivity contribution in [1.29, 1.82) is 0 Å². The molecule has 0 saturated carbocycles. The predicted octanol–water partition coefficient (Wildman–Crippen LogP) is 2.08. The molecule has 1 aliphatic heterocycles. The van der Waals surface area contributed by atoms with E-state index >= 15 is 0 Å². The van der Waals surface area contributed by atoms with Crippen LogP contribution in [0.25, 0.3) is 0 Å². The molecule has 1 fully saturated rings. The first-order valence-corrected chi connectivity index (χ1v) is 10.8. The van der Waals surface area contributed by atoms with Crippen LogP contribution >= 0.6 is 0 Å². The summed E-state index contributed by atoms with van der Waals surface area (Å²) in [5.41, 5.74) is 4.51. The van der Waals surface area contributed by atoms with Gasteiger partial charge in [0.2, 0.25) is 17.2 Å². The van der Waals surface area contributed by atoms with Gasteiger partial charge in [-0.1, -0.05) is 17.7 Å². The maximum absolute atomic E-state index is 12.9. The largest absolute Gasteiger partial charge is 0.491 e. The van der Waals surface area contributed by atoms with Crippen LogP contribution < -0.4 is 15.5 Å². The van der Waals surface area contributed by atoms with E-state index in [1.54, 1.807) is 17.7 Å². The number of hydrogen-bond acceptors (Lipinski definition) is 5. The van der Waals surface area contributed by atoms with Gasteiger partial charge in [-0.05, 0) is 31.9 Å². The number of ether oxygens (including phenoxy) is 1. The first-order valence-electron chi connectivity index (χ1n) is 10.8. The van der Waals surface area contributed by atoms with E-state index in [1.165, 1.54) is 13.2 Å². The summed E-state index contributed by atoms with van der Waals surface area (Å²) in [6.07, 6.45) is 1.60. The molecule has 0 atom stereocenters. The molecule has 1 aliphatic rings. The molecule has 2 heterocycles. The van der Waals surface area contributed by atoms with E-state index in [9.17, 15) is 14.4 Å². The number of nitrogens with one attached hydrogen (secondary N) is 1. The molecule has 0 radical (unpaired) electrons. The van der Waals surface area contributed by atoms with Crippen LogP contribution in [0.15, 0.2) is 29.2 Å². The number of carbonyl (C=O) groups excluding carboxylic acids is 2. The fourth-order valence-corrected chi connectivity index (χ4v) is 4.19. The number of amides is 2. The van der Waals surface area contributed by atoms with Crippen molar-refractivity contribution < 1.29 is 14.3 Å². The topological polar surface area (TPSA) is 83.9 Å². The number of aromatic nitrogens is 1. The minimum absolute atomic E-state index is 0.0616. The van der Waals surface area contributed by atoms with Crippen LogP contribution in [0.4, 0.5) is 5.69 Å². The predicted molar refractivity (Wildman–Crippen MR) is 124 cm³/mol. The van der Waals surface area contributed by atoms with Gasteiger partial charge in [0.05, 0.1) is 13.3 Å². The highest BCUT2D eigenvalue weighted by molar-refractivity contribution is 5.92. The lowest BCUT2D eigenvalue weighted by molar-refractivity contribution is -0.130. The maximum atomic E-state index is 12.9. The summed E-state index contributed by atoms with van der Waals surface area (Å²) in [6, 6.07) is 5.61. The fourth-order valence-electron chi connectivity index (χ4n) is 4.19. The number of pyridine rings is 1. The van der Waals surface area contributed by atoms with Crippen LogP contribution in [-0.2, 0) is 22.7 Å². The van der Waals surface area contributed by atoms with Gasteiger partial charge in [0.15, 0.2) is 5.75 Å². The highest BCUT2D eigenvalue weighted by atomic mass is 16.5. The van der Waals surface area contributed by atoms with Crippen molar-refractivity contribution in [2.24, 2.45) is 0 Å². The number of anilines is 1. The lowest BCUT2D eigenvalue weighted by Gasteiger charge is -2.34. The van der Waals surface area contributed by atoms with Gasteiger partial charge >= 0.3 is 0 Å². The van der Waals surface area contributed by atoms with Gasteiger partial charge in [0.1, 0.15) is 6.54 Å². The number of piperazine rings is 1. The minimum Gasteiger partial charge on any atom is -0.491 e. The van der Waals surface area contributed by atoms with Crippen LogP contribution in [0.5, 0.6) is 5.75 Å². The second-order valence-electron chi connectivity index (χ2n) is 8.43. The molecule has 2 amide bonds. The average Bonchev–Trinajstić information content (AvgIpc) is 2.73. The van der Waals surface area contributed by atoms with E-state index in [2.05, 4.69) is 10.2 Å². The van der Waals surface area contributed by atoms with Crippen LogP contribution in [-0.4, -0.2) is 59.5 Å². The van der Waals surface area contributed by atoms with E-state index in [1.807, 2.05) is 37.8 Å². The van der Waals surface area contributed by atoms with Crippen LogP contribution in [0.3, 0.4) is 0 Å². The third-order valence-electron chi connectivity index (χ3n) is 5.86. The lowest BCUT2D eigenvalue weighted by atomic mass is 10.1. The van der Waals surface area contributed by atoms with Gasteiger partial charge in [-0.15, -0.1) is 0 Å². The molecule has 3 rings (SSSR count). The second kappa shape index (κ2) is 9.99. The lowest BCUT2D eigenvalue weighted by Crippen LogP contribution is -2.47. The van der Waals surface area contributed by atoms with Crippen LogP contribution in [0, 0.1) is 20.8 Å². The molecule has 1 N–H and O–H groups in total. The molecule has 32 heavy (non-hydrogen) atoms. The standard InChI is InChI=1S/C24H32N4O4/c1-16-10-17(2)24(18(3)11-16)25-23(31)15-28-14-22(32-5)21(30)12-20(28)13-26-6-8-27(9-7-26)19(4)29/h10-12,14H,6-9,13,15H2,1-5H3,(H,25,31). The molecule has 8 heteroatoms. The number of benzene rings is 1. The molecular formula is C24H32N4O4. The monoisotopic (exact) mass is 440 g/mol. The SMILES string of the molecule is COc1cn(CC(=O)Nc2c(C)cc(C)cc2C)c(CN2CCN(C(C)=O)CC2)cc1=O. The average molecular weight is 441 g/mol. The quantitative estimate of drug-likeness (QED) is 0.744. The van der Waals surface area contributed by atoms with Crippen LogP contribution in [0.2, 0.25) is 0 Å². The zero-order chi connectivity index (χ0) is 23.4. The minimum atomic E-state index is -0.216. The number of carbonyl (C=O) groups is 2. The summed E-state index contributed by atoms with van der Waals surface area (Å²) in [6.45, 7) is 10.9. The molecule has 2 aromatic rings. The summed E-state index contributed by atoms with van der Waals surface area (Å²) in [5.74, 6) is 0.100. The summed E-state index contributed by atoms with van der Waals surface area (Å²) in [4.78, 5) is 40.9. The Bertz CT molecular complexity index is 1050. The van der Waals surface area contributed by atoms with Crippen LogP contribution in [0.1, 0.15) is 29.3 Å². The van der Waals surface area contributed by atoms with Crippen molar-refractivity contribution in [1.82, 2.24) is 14.4 Å². The molecule has 1 saturated heterocycles. The van der Waals surface area contributed by atoms with E-state index in [0.29, 0.717) is 32.7 Å². The Labute approximate surface area is 188 Å². The van der Waals surface area contributed by atoms with Gasteiger partial charge in [-0.25, -0.2) is 0 Å². The van der Waals surface area contributed by atoms with Gasteiger partial charge in [0, 0.05) is 57.1 Å². The molecule has 0 unspecified atom stereocenters. The Kier molecular flexibility index (Phi) is 7.35. The molecule has 172 valence electrons. The number of nitrogens with zero attached hydrogens (tertiary/aromatic N) is 3. The zero-order valence-electron chi connectivity index (χ0n) is 19.5. The van der Waals surface area contributed by atoms with Crippen molar-refractivity contribution in [2.45, 2.75) is 40.8 Å². The molecule has 1 aromatic heterocycles. The molecule has 0 bridgehead atoms. The molecule has 0 spiro atoms. The third-order valence-corrected chi connectivity index (χ3v) is 5.86. The third kappa shape index (κ3) is 5.56. The summed E-state index contributed by atoms with van der Waals surface area (Å²) < 4.78 is 6.97. The highest BCUT2D eigenvalue weighted by Crippen LogP contribution is 2.22. The number of aryl methyl sites for hydroxylation is 3. The Morgan fingerprint density at radius 3 is 2.22 bits per heavy atom. The Hall–Kier alpha value is -3.13. The summed E-state index contributed by atoms with van der Waals surface area (Å²) in [5, 5.41) is 3.02. The van der Waals surface area contributed by atoms with Crippen molar-refractivity contribution in [3.63, 3.8) is 0 Å². The second-order valence-corrected chi connectivity index (χ2v) is 8.43. The van der Waals surface area contributed by atoms with E-state index in [0.717, 1.165) is 28.1 Å². The van der Waals surface area contributed by atoms with Crippen molar-refractivity contribution in [3.05, 3.63) is 57.0 Å². The first kappa shape index (κ1) is 23.5. The molecular weight excluding hydrogens is 408 g/mol. The first-order chi connectivity index (χ1) is 15.2. The Morgan fingerprint density at radius 2 is 1.66 bits per heavy atom. The van der Waals surface area contributed by atoms with E-state index < -0.39 is 0 Å². The normalized spacial score (nSPS) is 14.3. The molecule has 0 aliphatic carbocycles. The number of hydrogen-bond donors (Lipinski definition) is 1. The molecule has 8 nitrogen and oxygen atoms in total. The van der Waals surface area contributed by atoms with Crippen molar-refractivity contribution >= 4 is 17.5 Å². The zero-order valence-corrected chi connectivity index (χ0v) is 19.5. The van der Waals surface area contributed by atoms with E-state index in [-0.39, 0.29) is 29.5 Å². The number of methoxy groups -OCH3 is 1. The summed E-state index contributed by atoms with van der Waals surface area (Å²) in [7, 11) is 1.45. The van der Waals surface area contributed by atoms with Crippen molar-refractivity contribution in [3.8, 4) is 5.75 Å². The molecule has 1 aromatic carbocycles. The fraction of sp³-hybridized carbons (Fsp3) is 0.458.